The van der Waals surface area contributed by atoms with Gasteiger partial charge in [0.2, 0.25) is 0 Å². The number of esters is 1. The number of halogens is 3. The number of cyclic esters (lactones) is 1. The van der Waals surface area contributed by atoms with Crippen LogP contribution in [0.1, 0.15) is 58.8 Å². The van der Waals surface area contributed by atoms with Crippen molar-refractivity contribution in [3.63, 3.8) is 0 Å². The summed E-state index contributed by atoms with van der Waals surface area (Å²) in [5.74, 6) is 0.0752. The third-order valence-corrected chi connectivity index (χ3v) is 8.42. The Morgan fingerprint density at radius 2 is 1.71 bits per heavy atom. The van der Waals surface area contributed by atoms with E-state index in [-0.39, 0.29) is 17.3 Å². The van der Waals surface area contributed by atoms with Gasteiger partial charge in [0.25, 0.3) is 0 Å². The van der Waals surface area contributed by atoms with Crippen LogP contribution in [0.5, 0.6) is 0 Å². The summed E-state index contributed by atoms with van der Waals surface area (Å²) in [6.45, 7) is 4.58. The third-order valence-electron chi connectivity index (χ3n) is 8.42. The predicted octanol–water partition coefficient (Wildman–Crippen LogP) is 4.97. The maximum absolute atomic E-state index is 13.5. The highest BCUT2D eigenvalue weighted by Crippen LogP contribution is 2.68. The molecule has 1 heterocycles. The van der Waals surface area contributed by atoms with Gasteiger partial charge in [-0.1, -0.05) is 13.8 Å². The number of carbonyl (C=O) groups excluding carboxylic acids is 1. The van der Waals surface area contributed by atoms with Crippen molar-refractivity contribution in [2.45, 2.75) is 65.0 Å². The van der Waals surface area contributed by atoms with Crippen LogP contribution in [-0.2, 0) is 9.53 Å². The van der Waals surface area contributed by atoms with Crippen LogP contribution in [0.3, 0.4) is 0 Å². The highest BCUT2D eigenvalue weighted by molar-refractivity contribution is 5.70. The molecule has 136 valence electrons. The molecule has 0 radical (unpaired) electrons. The van der Waals surface area contributed by atoms with E-state index >= 15 is 0 Å². The largest absolute Gasteiger partial charge is 0.465 e. The normalized spacial score (nSPS) is 51.4. The monoisotopic (exact) mass is 344 g/mol. The Kier molecular flexibility index (Phi) is 3.58. The van der Waals surface area contributed by atoms with Gasteiger partial charge in [0.05, 0.1) is 12.5 Å². The lowest BCUT2D eigenvalue weighted by Crippen LogP contribution is -2.56. The number of carbonyl (C=O) groups is 1. The predicted molar refractivity (Wildman–Crippen MR) is 83.0 cm³/mol. The number of ether oxygens (including phenoxy) is 1. The second-order valence-electron chi connectivity index (χ2n) is 9.24. The molecule has 2 nitrogen and oxygen atoms in total. The van der Waals surface area contributed by atoms with Crippen molar-refractivity contribution in [2.75, 3.05) is 6.61 Å². The Balaban J connectivity index is 1.62. The van der Waals surface area contributed by atoms with Crippen LogP contribution >= 0.6 is 0 Å². The molecule has 0 aromatic heterocycles. The van der Waals surface area contributed by atoms with Crippen molar-refractivity contribution < 1.29 is 22.7 Å². The second-order valence-corrected chi connectivity index (χ2v) is 9.24. The highest BCUT2D eigenvalue weighted by Gasteiger charge is 2.64. The minimum Gasteiger partial charge on any atom is -0.465 e. The van der Waals surface area contributed by atoms with Gasteiger partial charge in [-0.15, -0.1) is 0 Å². The molecule has 24 heavy (non-hydrogen) atoms. The molecule has 3 aliphatic carbocycles. The maximum atomic E-state index is 13.5. The molecule has 7 atom stereocenters. The van der Waals surface area contributed by atoms with Crippen LogP contribution < -0.4 is 0 Å². The van der Waals surface area contributed by atoms with Crippen molar-refractivity contribution >= 4 is 5.97 Å². The number of hydrogen-bond acceptors (Lipinski definition) is 2. The van der Waals surface area contributed by atoms with E-state index in [1.165, 1.54) is 0 Å². The molecular weight excluding hydrogens is 317 g/mol. The Labute approximate surface area is 141 Å². The van der Waals surface area contributed by atoms with E-state index in [1.54, 1.807) is 0 Å². The van der Waals surface area contributed by atoms with Crippen molar-refractivity contribution in [1.29, 1.82) is 0 Å². The first kappa shape index (κ1) is 16.7. The fourth-order valence-corrected chi connectivity index (χ4v) is 7.13. The van der Waals surface area contributed by atoms with Crippen molar-refractivity contribution in [3.8, 4) is 0 Å². The Morgan fingerprint density at radius 1 is 1.00 bits per heavy atom. The summed E-state index contributed by atoms with van der Waals surface area (Å²) in [4.78, 5) is 11.7. The van der Waals surface area contributed by atoms with Gasteiger partial charge in [0, 0.05) is 11.8 Å². The summed E-state index contributed by atoms with van der Waals surface area (Å²) < 4.78 is 46.0. The van der Waals surface area contributed by atoms with E-state index in [2.05, 4.69) is 6.92 Å². The molecule has 4 fully saturated rings. The standard InChI is InChI=1S/C19H27F3O2/c1-17-8-7-14-12(13(17)5-6-15(17)19(20,21)22)4-3-11-9-16(23)24-10-18(11,14)2/h11-15H,3-10H2,1-2H3/t11?,12-,13-,14+,15?,17-,18-/m0/s1. The molecule has 0 amide bonds. The third kappa shape index (κ3) is 2.18. The summed E-state index contributed by atoms with van der Waals surface area (Å²) in [6.07, 6.45) is 0.906. The fraction of sp³-hybridized carbons (Fsp3) is 0.947. The molecule has 1 saturated heterocycles. The average Bonchev–Trinajstić information content (AvgIpc) is 2.85. The van der Waals surface area contributed by atoms with Gasteiger partial charge >= 0.3 is 12.1 Å². The SMILES string of the molecule is C[C@]12COC(=O)CC1CC[C@@H]1[C@H]2CC[C@]2(C)C(C(F)(F)F)CC[C@@H]12. The molecule has 0 bridgehead atoms. The molecule has 4 rings (SSSR count). The molecule has 0 aromatic carbocycles. The minimum atomic E-state index is -4.07. The second kappa shape index (κ2) is 5.14. The van der Waals surface area contributed by atoms with Crippen LogP contribution in [0.2, 0.25) is 0 Å². The van der Waals surface area contributed by atoms with Crippen LogP contribution in [0, 0.1) is 40.4 Å². The van der Waals surface area contributed by atoms with E-state index in [0.717, 1.165) is 19.3 Å². The molecule has 0 aromatic rings. The van der Waals surface area contributed by atoms with Gasteiger partial charge in [0.15, 0.2) is 0 Å². The summed E-state index contributed by atoms with van der Waals surface area (Å²) in [5.41, 5.74) is -0.623. The van der Waals surface area contributed by atoms with Gasteiger partial charge in [-0.05, 0) is 67.6 Å². The Morgan fingerprint density at radius 3 is 2.42 bits per heavy atom. The molecule has 4 aliphatic rings. The molecule has 2 unspecified atom stereocenters. The van der Waals surface area contributed by atoms with Crippen LogP contribution in [0.4, 0.5) is 13.2 Å². The van der Waals surface area contributed by atoms with E-state index < -0.39 is 17.5 Å². The van der Waals surface area contributed by atoms with Crippen LogP contribution in [0.15, 0.2) is 0 Å². The first-order chi connectivity index (χ1) is 11.2. The fourth-order valence-electron chi connectivity index (χ4n) is 7.13. The first-order valence-corrected chi connectivity index (χ1v) is 9.38. The highest BCUT2D eigenvalue weighted by atomic mass is 19.4. The number of fused-ring (bicyclic) bond motifs is 5. The summed E-state index contributed by atoms with van der Waals surface area (Å²) >= 11 is 0. The Hall–Kier alpha value is -0.740. The molecule has 0 N–H and O–H groups in total. The van der Waals surface area contributed by atoms with Crippen LogP contribution in [0.25, 0.3) is 0 Å². The minimum absolute atomic E-state index is 0.0333. The van der Waals surface area contributed by atoms with Crippen molar-refractivity contribution in [1.82, 2.24) is 0 Å². The van der Waals surface area contributed by atoms with Gasteiger partial charge < -0.3 is 4.74 Å². The topological polar surface area (TPSA) is 26.3 Å². The van der Waals surface area contributed by atoms with Gasteiger partial charge in [-0.25, -0.2) is 0 Å². The average molecular weight is 344 g/mol. The zero-order valence-corrected chi connectivity index (χ0v) is 14.5. The lowest BCUT2D eigenvalue weighted by Gasteiger charge is -2.59. The van der Waals surface area contributed by atoms with Gasteiger partial charge in [-0.2, -0.15) is 13.2 Å². The zero-order valence-electron chi connectivity index (χ0n) is 14.5. The van der Waals surface area contributed by atoms with Crippen molar-refractivity contribution in [3.05, 3.63) is 0 Å². The lowest BCUT2D eigenvalue weighted by atomic mass is 9.46. The summed E-state index contributed by atoms with van der Waals surface area (Å²) in [7, 11) is 0. The number of alkyl halides is 3. The molecule has 1 aliphatic heterocycles. The Bertz CT molecular complexity index is 545. The summed E-state index contributed by atoms with van der Waals surface area (Å²) in [6, 6.07) is 0. The molecule has 3 saturated carbocycles. The molecular formula is C19H27F3O2. The quantitative estimate of drug-likeness (QED) is 0.580. The van der Waals surface area contributed by atoms with E-state index in [1.807, 2.05) is 6.92 Å². The first-order valence-electron chi connectivity index (χ1n) is 9.38. The maximum Gasteiger partial charge on any atom is 0.392 e. The van der Waals surface area contributed by atoms with Crippen molar-refractivity contribution in [2.24, 2.45) is 40.4 Å². The van der Waals surface area contributed by atoms with Gasteiger partial charge in [0.1, 0.15) is 0 Å². The van der Waals surface area contributed by atoms with Crippen LogP contribution in [-0.4, -0.2) is 18.8 Å². The number of hydrogen-bond donors (Lipinski definition) is 0. The molecule has 0 spiro atoms. The van der Waals surface area contributed by atoms with E-state index in [0.29, 0.717) is 50.0 Å². The number of rotatable bonds is 0. The van der Waals surface area contributed by atoms with Gasteiger partial charge in [-0.3, -0.25) is 4.79 Å². The lowest BCUT2D eigenvalue weighted by molar-refractivity contribution is -0.219. The smallest absolute Gasteiger partial charge is 0.392 e. The molecule has 5 heteroatoms. The van der Waals surface area contributed by atoms with E-state index in [9.17, 15) is 18.0 Å². The van der Waals surface area contributed by atoms with E-state index in [4.69, 9.17) is 4.74 Å². The zero-order chi connectivity index (χ0) is 17.3. The summed E-state index contributed by atoms with van der Waals surface area (Å²) in [5, 5.41) is 0.